The second kappa shape index (κ2) is 3.40. The summed E-state index contributed by atoms with van der Waals surface area (Å²) in [6, 6.07) is 3.26. The van der Waals surface area contributed by atoms with Gasteiger partial charge in [0.25, 0.3) is 5.91 Å². The number of nitrogens with one attached hydrogen (secondary N) is 1. The number of carbonyl (C=O) groups is 1. The van der Waals surface area contributed by atoms with Gasteiger partial charge in [-0.05, 0) is 12.1 Å². The zero-order chi connectivity index (χ0) is 9.10. The third kappa shape index (κ3) is 1.75. The monoisotopic (exact) mass is 194 g/mol. The lowest BCUT2D eigenvalue weighted by atomic mass is 10.4. The highest BCUT2D eigenvalue weighted by Crippen LogP contribution is 2.12. The number of anilines is 1. The fourth-order valence-electron chi connectivity index (χ4n) is 0.852. The van der Waals surface area contributed by atoms with Gasteiger partial charge in [-0.2, -0.15) is 0 Å². The SMILES string of the molecule is O=C(Nc1nccs1)c1ccco1. The molecule has 5 heteroatoms. The summed E-state index contributed by atoms with van der Waals surface area (Å²) in [7, 11) is 0. The summed E-state index contributed by atoms with van der Waals surface area (Å²) in [5.74, 6) is 0.00940. The second-order valence-corrected chi connectivity index (χ2v) is 3.16. The van der Waals surface area contributed by atoms with E-state index in [0.29, 0.717) is 5.13 Å². The van der Waals surface area contributed by atoms with Crippen LogP contribution in [0, 0.1) is 0 Å². The Morgan fingerprint density at radius 3 is 3.15 bits per heavy atom. The lowest BCUT2D eigenvalue weighted by molar-refractivity contribution is 0.0996. The Kier molecular flexibility index (Phi) is 2.09. The van der Waals surface area contributed by atoms with Gasteiger partial charge in [0, 0.05) is 11.6 Å². The van der Waals surface area contributed by atoms with Crippen LogP contribution in [-0.4, -0.2) is 10.9 Å². The molecule has 66 valence electrons. The van der Waals surface area contributed by atoms with Crippen molar-refractivity contribution >= 4 is 22.4 Å². The molecule has 0 radical (unpaired) electrons. The summed E-state index contributed by atoms with van der Waals surface area (Å²) >= 11 is 1.36. The number of hydrogen-bond donors (Lipinski definition) is 1. The van der Waals surface area contributed by atoms with Gasteiger partial charge >= 0.3 is 0 Å². The second-order valence-electron chi connectivity index (χ2n) is 2.27. The Balaban J connectivity index is 2.08. The van der Waals surface area contributed by atoms with Crippen LogP contribution in [0.1, 0.15) is 10.6 Å². The van der Waals surface area contributed by atoms with Crippen molar-refractivity contribution in [2.45, 2.75) is 0 Å². The van der Waals surface area contributed by atoms with E-state index in [1.54, 1.807) is 23.7 Å². The minimum absolute atomic E-state index is 0.278. The van der Waals surface area contributed by atoms with E-state index in [4.69, 9.17) is 4.42 Å². The number of aromatic nitrogens is 1. The van der Waals surface area contributed by atoms with Crippen molar-refractivity contribution < 1.29 is 9.21 Å². The van der Waals surface area contributed by atoms with Crippen LogP contribution in [0.3, 0.4) is 0 Å². The van der Waals surface area contributed by atoms with E-state index < -0.39 is 0 Å². The van der Waals surface area contributed by atoms with Gasteiger partial charge in [-0.1, -0.05) is 0 Å². The maximum absolute atomic E-state index is 11.3. The highest BCUT2D eigenvalue weighted by atomic mass is 32.1. The molecular weight excluding hydrogens is 188 g/mol. The fraction of sp³-hybridized carbons (Fsp3) is 0. The summed E-state index contributed by atoms with van der Waals surface area (Å²) in [5, 5.41) is 4.96. The normalized spacial score (nSPS) is 9.85. The van der Waals surface area contributed by atoms with Gasteiger partial charge in [0.1, 0.15) is 0 Å². The van der Waals surface area contributed by atoms with E-state index in [1.165, 1.54) is 17.6 Å². The van der Waals surface area contributed by atoms with Crippen molar-refractivity contribution in [3.05, 3.63) is 35.7 Å². The Morgan fingerprint density at radius 2 is 2.54 bits per heavy atom. The van der Waals surface area contributed by atoms with E-state index in [2.05, 4.69) is 10.3 Å². The van der Waals surface area contributed by atoms with Gasteiger partial charge < -0.3 is 4.42 Å². The zero-order valence-electron chi connectivity index (χ0n) is 6.56. The lowest BCUT2D eigenvalue weighted by Crippen LogP contribution is -2.10. The summed E-state index contributed by atoms with van der Waals surface area (Å²) in [6.45, 7) is 0. The van der Waals surface area contributed by atoms with Crippen molar-refractivity contribution in [3.63, 3.8) is 0 Å². The molecule has 2 aromatic rings. The molecule has 2 aromatic heterocycles. The van der Waals surface area contributed by atoms with Crippen molar-refractivity contribution in [2.75, 3.05) is 5.32 Å². The predicted octanol–water partition coefficient (Wildman–Crippen LogP) is 1.99. The minimum Gasteiger partial charge on any atom is -0.459 e. The number of furan rings is 1. The highest BCUT2D eigenvalue weighted by Gasteiger charge is 2.08. The lowest BCUT2D eigenvalue weighted by Gasteiger charge is -1.95. The molecule has 0 bridgehead atoms. The molecule has 0 spiro atoms. The van der Waals surface area contributed by atoms with Gasteiger partial charge in [-0.15, -0.1) is 11.3 Å². The molecule has 0 aliphatic rings. The number of thiazole rings is 1. The van der Waals surface area contributed by atoms with Gasteiger partial charge in [-0.25, -0.2) is 4.98 Å². The molecule has 0 aliphatic heterocycles. The van der Waals surface area contributed by atoms with Crippen LogP contribution in [0.4, 0.5) is 5.13 Å². The molecule has 0 atom stereocenters. The smallest absolute Gasteiger partial charge is 0.293 e. The van der Waals surface area contributed by atoms with Crippen LogP contribution in [0.2, 0.25) is 0 Å². The van der Waals surface area contributed by atoms with Gasteiger partial charge in [-0.3, -0.25) is 10.1 Å². The van der Waals surface area contributed by atoms with E-state index in [1.807, 2.05) is 0 Å². The third-order valence-corrected chi connectivity index (χ3v) is 2.09. The van der Waals surface area contributed by atoms with Crippen LogP contribution >= 0.6 is 11.3 Å². The van der Waals surface area contributed by atoms with E-state index >= 15 is 0 Å². The van der Waals surface area contributed by atoms with Gasteiger partial charge in [0.15, 0.2) is 10.9 Å². The molecule has 0 saturated carbocycles. The molecule has 13 heavy (non-hydrogen) atoms. The largest absolute Gasteiger partial charge is 0.459 e. The highest BCUT2D eigenvalue weighted by molar-refractivity contribution is 7.13. The zero-order valence-corrected chi connectivity index (χ0v) is 7.38. The molecule has 2 rings (SSSR count). The number of carbonyl (C=O) groups excluding carboxylic acids is 1. The van der Waals surface area contributed by atoms with Crippen LogP contribution < -0.4 is 5.32 Å². The van der Waals surface area contributed by atoms with Crippen LogP contribution in [-0.2, 0) is 0 Å². The quantitative estimate of drug-likeness (QED) is 0.795. The maximum atomic E-state index is 11.3. The van der Waals surface area contributed by atoms with Crippen LogP contribution in [0.5, 0.6) is 0 Å². The standard InChI is InChI=1S/C8H6N2O2S/c11-7(6-2-1-4-12-6)10-8-9-3-5-13-8/h1-5H,(H,9,10,11). The maximum Gasteiger partial charge on any atom is 0.293 e. The third-order valence-electron chi connectivity index (χ3n) is 1.40. The minimum atomic E-state index is -0.278. The first kappa shape index (κ1) is 8.00. The first-order valence-electron chi connectivity index (χ1n) is 3.60. The average molecular weight is 194 g/mol. The van der Waals surface area contributed by atoms with E-state index in [0.717, 1.165) is 0 Å². The first-order valence-corrected chi connectivity index (χ1v) is 4.48. The average Bonchev–Trinajstić information content (AvgIpc) is 2.74. The Morgan fingerprint density at radius 1 is 1.62 bits per heavy atom. The fourth-order valence-corrected chi connectivity index (χ4v) is 1.38. The van der Waals surface area contributed by atoms with Crippen LogP contribution in [0.25, 0.3) is 0 Å². The van der Waals surface area contributed by atoms with Crippen molar-refractivity contribution in [3.8, 4) is 0 Å². The summed E-state index contributed by atoms with van der Waals surface area (Å²) < 4.78 is 4.91. The molecule has 0 saturated heterocycles. The van der Waals surface area contributed by atoms with Gasteiger partial charge in [0.2, 0.25) is 0 Å². The van der Waals surface area contributed by atoms with Gasteiger partial charge in [0.05, 0.1) is 6.26 Å². The summed E-state index contributed by atoms with van der Waals surface area (Å²) in [5.41, 5.74) is 0. The molecule has 0 fully saturated rings. The number of rotatable bonds is 2. The van der Waals surface area contributed by atoms with Crippen molar-refractivity contribution in [1.82, 2.24) is 4.98 Å². The number of amides is 1. The Labute approximate surface area is 78.2 Å². The predicted molar refractivity (Wildman–Crippen MR) is 48.8 cm³/mol. The molecule has 0 aliphatic carbocycles. The topological polar surface area (TPSA) is 55.1 Å². The van der Waals surface area contributed by atoms with Crippen molar-refractivity contribution in [1.29, 1.82) is 0 Å². The molecule has 0 unspecified atom stereocenters. The molecular formula is C8H6N2O2S. The van der Waals surface area contributed by atoms with E-state index in [9.17, 15) is 4.79 Å². The summed E-state index contributed by atoms with van der Waals surface area (Å²) in [4.78, 5) is 15.2. The van der Waals surface area contributed by atoms with Crippen LogP contribution in [0.15, 0.2) is 34.4 Å². The molecule has 0 aromatic carbocycles. The molecule has 1 amide bonds. The Hall–Kier alpha value is -1.62. The Bertz CT molecular complexity index is 380. The molecule has 1 N–H and O–H groups in total. The number of hydrogen-bond acceptors (Lipinski definition) is 4. The van der Waals surface area contributed by atoms with E-state index in [-0.39, 0.29) is 11.7 Å². The molecule has 2 heterocycles. The number of nitrogens with zero attached hydrogens (tertiary/aromatic N) is 1. The summed E-state index contributed by atoms with van der Waals surface area (Å²) in [6.07, 6.45) is 3.08. The molecule has 4 nitrogen and oxygen atoms in total. The van der Waals surface area contributed by atoms with Crippen molar-refractivity contribution in [2.24, 2.45) is 0 Å². The first-order chi connectivity index (χ1) is 6.36.